The van der Waals surface area contributed by atoms with Crippen molar-refractivity contribution in [2.24, 2.45) is 0 Å². The molecule has 3 unspecified atom stereocenters. The second kappa shape index (κ2) is 4.75. The fourth-order valence-electron chi connectivity index (χ4n) is 1.87. The minimum Gasteiger partial charge on any atom is -0.480 e. The highest BCUT2D eigenvalue weighted by Crippen LogP contribution is 2.15. The summed E-state index contributed by atoms with van der Waals surface area (Å²) >= 11 is 0. The van der Waals surface area contributed by atoms with Crippen LogP contribution in [0.4, 0.5) is 0 Å². The predicted octanol–water partition coefficient (Wildman–Crippen LogP) is 0.532. The molecule has 1 fully saturated rings. The summed E-state index contributed by atoms with van der Waals surface area (Å²) in [7, 11) is 2.11. The number of carbonyl (C=O) groups is 1. The van der Waals surface area contributed by atoms with E-state index in [1.807, 2.05) is 0 Å². The van der Waals surface area contributed by atoms with Gasteiger partial charge in [-0.05, 0) is 40.3 Å². The first-order valence-electron chi connectivity index (χ1n) is 5.19. The molecular formula is C10H20N2O2. The Balaban J connectivity index is 2.36. The molecule has 0 aromatic rings. The van der Waals surface area contributed by atoms with Gasteiger partial charge in [0.25, 0.3) is 0 Å². The fraction of sp³-hybridized carbons (Fsp3) is 0.900. The summed E-state index contributed by atoms with van der Waals surface area (Å²) in [6, 6.07) is 0.463. The van der Waals surface area contributed by atoms with E-state index in [0.29, 0.717) is 12.1 Å². The molecule has 1 aliphatic rings. The van der Waals surface area contributed by atoms with E-state index in [2.05, 4.69) is 24.2 Å². The number of hydrogen-bond donors (Lipinski definition) is 2. The molecule has 0 aromatic carbocycles. The van der Waals surface area contributed by atoms with E-state index >= 15 is 0 Å². The first kappa shape index (κ1) is 11.5. The lowest BCUT2D eigenvalue weighted by Gasteiger charge is -2.36. The van der Waals surface area contributed by atoms with Gasteiger partial charge in [-0.15, -0.1) is 0 Å². The van der Waals surface area contributed by atoms with Gasteiger partial charge in [-0.25, -0.2) is 0 Å². The summed E-state index contributed by atoms with van der Waals surface area (Å²) in [4.78, 5) is 13.0. The van der Waals surface area contributed by atoms with E-state index in [-0.39, 0.29) is 0 Å². The van der Waals surface area contributed by atoms with Crippen LogP contribution in [-0.2, 0) is 4.79 Å². The lowest BCUT2D eigenvalue weighted by Crippen LogP contribution is -2.49. The van der Waals surface area contributed by atoms with Crippen LogP contribution in [0.5, 0.6) is 0 Å². The van der Waals surface area contributed by atoms with Crippen LogP contribution < -0.4 is 5.32 Å². The summed E-state index contributed by atoms with van der Waals surface area (Å²) in [6.07, 6.45) is 2.08. The summed E-state index contributed by atoms with van der Waals surface area (Å²) in [5.41, 5.74) is 0. The van der Waals surface area contributed by atoms with Crippen LogP contribution in [0, 0.1) is 0 Å². The van der Waals surface area contributed by atoms with Crippen molar-refractivity contribution >= 4 is 5.97 Å². The van der Waals surface area contributed by atoms with Crippen molar-refractivity contribution in [1.82, 2.24) is 10.2 Å². The first-order valence-corrected chi connectivity index (χ1v) is 5.19. The van der Waals surface area contributed by atoms with E-state index in [0.717, 1.165) is 19.4 Å². The van der Waals surface area contributed by atoms with Crippen molar-refractivity contribution < 1.29 is 9.90 Å². The minimum atomic E-state index is -0.767. The Morgan fingerprint density at radius 2 is 2.29 bits per heavy atom. The van der Waals surface area contributed by atoms with Crippen LogP contribution in [0.25, 0.3) is 0 Å². The van der Waals surface area contributed by atoms with E-state index in [1.54, 1.807) is 6.92 Å². The monoisotopic (exact) mass is 200 g/mol. The Bertz CT molecular complexity index is 208. The molecule has 14 heavy (non-hydrogen) atoms. The van der Waals surface area contributed by atoms with Crippen LogP contribution in [-0.4, -0.2) is 47.7 Å². The molecule has 0 amide bonds. The standard InChI is InChI=1S/C10H20N2O2/c1-7-6-9(4-5-12(7)3)11-8(2)10(13)14/h7-9,11H,4-6H2,1-3H3,(H,13,14). The number of nitrogens with zero attached hydrogens (tertiary/aromatic N) is 1. The molecule has 0 saturated carbocycles. The molecule has 0 aliphatic carbocycles. The maximum absolute atomic E-state index is 10.6. The Hall–Kier alpha value is -0.610. The Morgan fingerprint density at radius 3 is 2.79 bits per heavy atom. The predicted molar refractivity (Wildman–Crippen MR) is 55.3 cm³/mol. The molecule has 0 aromatic heterocycles. The van der Waals surface area contributed by atoms with Gasteiger partial charge in [0, 0.05) is 12.1 Å². The average Bonchev–Trinajstić information content (AvgIpc) is 2.11. The highest BCUT2D eigenvalue weighted by Gasteiger charge is 2.24. The number of aliphatic carboxylic acids is 1. The molecule has 0 bridgehead atoms. The van der Waals surface area contributed by atoms with E-state index in [1.165, 1.54) is 0 Å². The Kier molecular flexibility index (Phi) is 3.89. The van der Waals surface area contributed by atoms with Gasteiger partial charge in [-0.3, -0.25) is 4.79 Å². The number of carboxylic acids is 1. The van der Waals surface area contributed by atoms with Gasteiger partial charge >= 0.3 is 5.97 Å². The molecule has 1 heterocycles. The zero-order valence-corrected chi connectivity index (χ0v) is 9.16. The highest BCUT2D eigenvalue weighted by molar-refractivity contribution is 5.72. The molecule has 3 atom stereocenters. The van der Waals surface area contributed by atoms with Gasteiger partial charge in [0.05, 0.1) is 0 Å². The molecule has 0 radical (unpaired) electrons. The van der Waals surface area contributed by atoms with Crippen LogP contribution in [0.3, 0.4) is 0 Å². The van der Waals surface area contributed by atoms with Crippen molar-refractivity contribution in [1.29, 1.82) is 0 Å². The van der Waals surface area contributed by atoms with Crippen LogP contribution in [0.2, 0.25) is 0 Å². The molecule has 4 nitrogen and oxygen atoms in total. The zero-order valence-electron chi connectivity index (χ0n) is 9.16. The number of likely N-dealkylation sites (tertiary alicyclic amines) is 1. The number of rotatable bonds is 3. The number of carboxylic acid groups (broad SMARTS) is 1. The molecule has 1 aliphatic heterocycles. The lowest BCUT2D eigenvalue weighted by atomic mass is 9.98. The van der Waals surface area contributed by atoms with Crippen molar-refractivity contribution in [3.8, 4) is 0 Å². The van der Waals surface area contributed by atoms with Crippen molar-refractivity contribution in [3.63, 3.8) is 0 Å². The Labute approximate surface area is 85.3 Å². The third-order valence-electron chi connectivity index (χ3n) is 3.06. The summed E-state index contributed by atoms with van der Waals surface area (Å²) < 4.78 is 0. The summed E-state index contributed by atoms with van der Waals surface area (Å²) in [6.45, 7) is 4.93. The van der Waals surface area contributed by atoms with Gasteiger partial charge in [0.15, 0.2) is 0 Å². The smallest absolute Gasteiger partial charge is 0.320 e. The van der Waals surface area contributed by atoms with Gasteiger partial charge < -0.3 is 15.3 Å². The van der Waals surface area contributed by atoms with Gasteiger partial charge in [0.1, 0.15) is 6.04 Å². The molecule has 4 heteroatoms. The number of hydrogen-bond acceptors (Lipinski definition) is 3. The van der Waals surface area contributed by atoms with Gasteiger partial charge in [-0.2, -0.15) is 0 Å². The van der Waals surface area contributed by atoms with Crippen molar-refractivity contribution in [2.45, 2.75) is 44.8 Å². The molecule has 82 valence electrons. The number of nitrogens with one attached hydrogen (secondary N) is 1. The van der Waals surface area contributed by atoms with E-state index in [9.17, 15) is 4.79 Å². The Morgan fingerprint density at radius 1 is 1.64 bits per heavy atom. The fourth-order valence-corrected chi connectivity index (χ4v) is 1.87. The van der Waals surface area contributed by atoms with Crippen molar-refractivity contribution in [3.05, 3.63) is 0 Å². The largest absolute Gasteiger partial charge is 0.480 e. The summed E-state index contributed by atoms with van der Waals surface area (Å²) in [5.74, 6) is -0.767. The van der Waals surface area contributed by atoms with Crippen molar-refractivity contribution in [2.75, 3.05) is 13.6 Å². The minimum absolute atomic E-state index is 0.354. The van der Waals surface area contributed by atoms with Crippen LogP contribution >= 0.6 is 0 Å². The van der Waals surface area contributed by atoms with Gasteiger partial charge in [0.2, 0.25) is 0 Å². The third kappa shape index (κ3) is 2.96. The maximum Gasteiger partial charge on any atom is 0.320 e. The molecule has 1 saturated heterocycles. The van der Waals surface area contributed by atoms with E-state index < -0.39 is 12.0 Å². The SMILES string of the molecule is CC(NC1CCN(C)C(C)C1)C(=O)O. The van der Waals surface area contributed by atoms with Gasteiger partial charge in [-0.1, -0.05) is 0 Å². The molecular weight excluding hydrogens is 180 g/mol. The number of piperidine rings is 1. The molecule has 2 N–H and O–H groups in total. The first-order chi connectivity index (χ1) is 6.50. The second-order valence-electron chi connectivity index (χ2n) is 4.28. The van der Waals surface area contributed by atoms with Crippen LogP contribution in [0.15, 0.2) is 0 Å². The average molecular weight is 200 g/mol. The topological polar surface area (TPSA) is 52.6 Å². The zero-order chi connectivity index (χ0) is 10.7. The van der Waals surface area contributed by atoms with E-state index in [4.69, 9.17) is 5.11 Å². The lowest BCUT2D eigenvalue weighted by molar-refractivity contribution is -0.139. The normalized spacial score (nSPS) is 31.4. The molecule has 0 spiro atoms. The summed E-state index contributed by atoms with van der Waals surface area (Å²) in [5, 5.41) is 11.9. The molecule has 1 rings (SSSR count). The third-order valence-corrected chi connectivity index (χ3v) is 3.06. The highest BCUT2D eigenvalue weighted by atomic mass is 16.4. The quantitative estimate of drug-likeness (QED) is 0.698. The maximum atomic E-state index is 10.6. The second-order valence-corrected chi connectivity index (χ2v) is 4.28. The van der Waals surface area contributed by atoms with Crippen LogP contribution in [0.1, 0.15) is 26.7 Å².